The number of piperidine rings is 1. The van der Waals surface area contributed by atoms with Crippen molar-refractivity contribution in [1.29, 1.82) is 0 Å². The van der Waals surface area contributed by atoms with Gasteiger partial charge in [-0.2, -0.15) is 0 Å². The summed E-state index contributed by atoms with van der Waals surface area (Å²) in [6.45, 7) is 0.782. The van der Waals surface area contributed by atoms with Gasteiger partial charge in [0.2, 0.25) is 0 Å². The molecule has 0 saturated carbocycles. The topological polar surface area (TPSA) is 65.6 Å². The minimum absolute atomic E-state index is 0.0774. The Morgan fingerprint density at radius 3 is 2.73 bits per heavy atom. The van der Waals surface area contributed by atoms with Gasteiger partial charge in [-0.1, -0.05) is 29.8 Å². The predicted octanol–water partition coefficient (Wildman–Crippen LogP) is 3.48. The second-order valence-electron chi connectivity index (χ2n) is 6.47. The highest BCUT2D eigenvalue weighted by Gasteiger charge is 2.32. The number of halogens is 1. The number of amides is 1. The molecule has 1 aliphatic rings. The van der Waals surface area contributed by atoms with Crippen LogP contribution in [0.1, 0.15) is 16.8 Å². The maximum atomic E-state index is 12.9. The number of fused-ring (bicyclic) bond motifs is 1. The van der Waals surface area contributed by atoms with E-state index < -0.39 is 6.10 Å². The Kier molecular flexibility index (Phi) is 4.57. The summed E-state index contributed by atoms with van der Waals surface area (Å²) < 4.78 is 5.86. The van der Waals surface area contributed by atoms with Crippen molar-refractivity contribution in [2.75, 3.05) is 13.1 Å². The molecule has 6 heteroatoms. The smallest absolute Gasteiger partial charge is 0.256 e. The molecule has 1 aliphatic heterocycles. The van der Waals surface area contributed by atoms with Gasteiger partial charge >= 0.3 is 0 Å². The maximum absolute atomic E-state index is 12.9. The number of hydrogen-bond donors (Lipinski definition) is 2. The van der Waals surface area contributed by atoms with Crippen LogP contribution in [0.2, 0.25) is 5.02 Å². The molecule has 2 atom stereocenters. The number of rotatable bonds is 3. The van der Waals surface area contributed by atoms with Gasteiger partial charge in [0.05, 0.1) is 12.1 Å². The summed E-state index contributed by atoms with van der Waals surface area (Å²) in [5.74, 6) is 0.585. The zero-order valence-electron chi connectivity index (χ0n) is 14.1. The van der Waals surface area contributed by atoms with Crippen LogP contribution >= 0.6 is 11.6 Å². The van der Waals surface area contributed by atoms with Gasteiger partial charge in [0, 0.05) is 35.1 Å². The second kappa shape index (κ2) is 7.02. The van der Waals surface area contributed by atoms with Crippen molar-refractivity contribution in [2.45, 2.75) is 18.6 Å². The molecule has 1 fully saturated rings. The molecular formula is C20H19ClN2O3. The third-order valence-corrected chi connectivity index (χ3v) is 4.98. The Morgan fingerprint density at radius 2 is 1.96 bits per heavy atom. The molecular weight excluding hydrogens is 352 g/mol. The Hall–Kier alpha value is -2.50. The highest BCUT2D eigenvalue weighted by Crippen LogP contribution is 2.24. The molecule has 3 aromatic rings. The number of β-amino-alcohol motifs (C(OH)–C–C–N with tert-alkyl or cyclic N) is 1. The van der Waals surface area contributed by atoms with Crippen LogP contribution in [0.3, 0.4) is 0 Å². The molecule has 26 heavy (non-hydrogen) atoms. The Morgan fingerprint density at radius 1 is 1.19 bits per heavy atom. The summed E-state index contributed by atoms with van der Waals surface area (Å²) >= 11 is 5.88. The number of para-hydroxylation sites is 1. The first-order valence-corrected chi connectivity index (χ1v) is 8.95. The third-order valence-electron chi connectivity index (χ3n) is 4.73. The van der Waals surface area contributed by atoms with Crippen molar-refractivity contribution in [2.24, 2.45) is 0 Å². The lowest BCUT2D eigenvalue weighted by Crippen LogP contribution is -2.51. The van der Waals surface area contributed by atoms with Gasteiger partial charge in [0.1, 0.15) is 18.0 Å². The summed E-state index contributed by atoms with van der Waals surface area (Å²) in [7, 11) is 0. The monoisotopic (exact) mass is 370 g/mol. The minimum atomic E-state index is -0.742. The summed E-state index contributed by atoms with van der Waals surface area (Å²) in [4.78, 5) is 17.7. The summed E-state index contributed by atoms with van der Waals surface area (Å²) in [6.07, 6.45) is 1.21. The Balaban J connectivity index is 1.44. The standard InChI is InChI=1S/C20H19ClN2O3/c21-13-5-7-14(8-6-13)26-19-9-10-23(12-18(19)24)20(25)16-11-22-17-4-2-1-3-15(16)17/h1-8,11,18-19,22,24H,9-10,12H2/t18-,19-/m1/s1. The van der Waals surface area contributed by atoms with Crippen molar-refractivity contribution in [3.63, 3.8) is 0 Å². The molecule has 0 bridgehead atoms. The highest BCUT2D eigenvalue weighted by atomic mass is 35.5. The van der Waals surface area contributed by atoms with E-state index in [0.717, 1.165) is 10.9 Å². The van der Waals surface area contributed by atoms with Crippen LogP contribution in [0.5, 0.6) is 5.75 Å². The van der Waals surface area contributed by atoms with Crippen LogP contribution in [0.4, 0.5) is 0 Å². The number of likely N-dealkylation sites (tertiary alicyclic amines) is 1. The normalized spacial score (nSPS) is 20.3. The lowest BCUT2D eigenvalue weighted by molar-refractivity contribution is -0.0198. The average Bonchev–Trinajstić information content (AvgIpc) is 3.08. The summed E-state index contributed by atoms with van der Waals surface area (Å²) in [5.41, 5.74) is 1.56. The van der Waals surface area contributed by atoms with E-state index in [9.17, 15) is 9.90 Å². The number of benzene rings is 2. The van der Waals surface area contributed by atoms with Crippen molar-refractivity contribution >= 4 is 28.4 Å². The van der Waals surface area contributed by atoms with Crippen LogP contribution in [0.15, 0.2) is 54.7 Å². The number of aromatic nitrogens is 1. The summed E-state index contributed by atoms with van der Waals surface area (Å²) in [6, 6.07) is 14.7. The van der Waals surface area contributed by atoms with Gasteiger partial charge in [0.15, 0.2) is 0 Å². The van der Waals surface area contributed by atoms with Crippen LogP contribution in [-0.4, -0.2) is 46.2 Å². The number of aromatic amines is 1. The summed E-state index contributed by atoms with van der Waals surface area (Å²) in [5, 5.41) is 12.0. The fourth-order valence-electron chi connectivity index (χ4n) is 3.34. The van der Waals surface area contributed by atoms with E-state index in [4.69, 9.17) is 16.3 Å². The molecule has 134 valence electrons. The van der Waals surface area contributed by atoms with Gasteiger partial charge in [-0.15, -0.1) is 0 Å². The third kappa shape index (κ3) is 3.28. The van der Waals surface area contributed by atoms with E-state index in [2.05, 4.69) is 4.98 Å². The molecule has 0 unspecified atom stereocenters. The number of carbonyl (C=O) groups excluding carboxylic acids is 1. The van der Waals surface area contributed by atoms with Gasteiger partial charge in [-0.25, -0.2) is 0 Å². The Labute approximate surface area is 156 Å². The van der Waals surface area contributed by atoms with Gasteiger partial charge in [0.25, 0.3) is 5.91 Å². The zero-order chi connectivity index (χ0) is 18.1. The first-order chi connectivity index (χ1) is 12.6. The van der Waals surface area contributed by atoms with Crippen LogP contribution in [0, 0.1) is 0 Å². The van der Waals surface area contributed by atoms with E-state index in [1.807, 2.05) is 24.3 Å². The maximum Gasteiger partial charge on any atom is 0.256 e. The number of nitrogens with zero attached hydrogens (tertiary/aromatic N) is 1. The fourth-order valence-corrected chi connectivity index (χ4v) is 3.46. The van der Waals surface area contributed by atoms with E-state index >= 15 is 0 Å². The number of aliphatic hydroxyl groups is 1. The first-order valence-electron chi connectivity index (χ1n) is 8.57. The first kappa shape index (κ1) is 16.9. The molecule has 1 aromatic heterocycles. The van der Waals surface area contributed by atoms with Crippen molar-refractivity contribution in [3.8, 4) is 5.75 Å². The molecule has 2 N–H and O–H groups in total. The molecule has 4 rings (SSSR count). The number of H-pyrrole nitrogens is 1. The number of hydrogen-bond acceptors (Lipinski definition) is 3. The van der Waals surface area contributed by atoms with Gasteiger partial charge < -0.3 is 19.7 Å². The largest absolute Gasteiger partial charge is 0.488 e. The SMILES string of the molecule is O=C(c1c[nH]c2ccccc12)N1CC[C@@H](Oc2ccc(Cl)cc2)[C@H](O)C1. The lowest BCUT2D eigenvalue weighted by atomic mass is 10.0. The molecule has 2 heterocycles. The van der Waals surface area contributed by atoms with Gasteiger partial charge in [-0.05, 0) is 30.3 Å². The minimum Gasteiger partial charge on any atom is -0.488 e. The quantitative estimate of drug-likeness (QED) is 0.741. The van der Waals surface area contributed by atoms with Crippen LogP contribution in [0.25, 0.3) is 10.9 Å². The van der Waals surface area contributed by atoms with Crippen molar-refractivity contribution in [1.82, 2.24) is 9.88 Å². The average molecular weight is 371 g/mol. The molecule has 1 amide bonds. The molecule has 2 aromatic carbocycles. The molecule has 0 spiro atoms. The van der Waals surface area contributed by atoms with E-state index in [-0.39, 0.29) is 18.6 Å². The van der Waals surface area contributed by atoms with E-state index in [1.54, 1.807) is 35.4 Å². The molecule has 1 saturated heterocycles. The second-order valence-corrected chi connectivity index (χ2v) is 6.90. The predicted molar refractivity (Wildman–Crippen MR) is 101 cm³/mol. The van der Waals surface area contributed by atoms with Crippen molar-refractivity contribution < 1.29 is 14.6 Å². The number of aliphatic hydroxyl groups excluding tert-OH is 1. The fraction of sp³-hybridized carbons (Fsp3) is 0.250. The van der Waals surface area contributed by atoms with Gasteiger partial charge in [-0.3, -0.25) is 4.79 Å². The van der Waals surface area contributed by atoms with E-state index in [0.29, 0.717) is 29.3 Å². The lowest BCUT2D eigenvalue weighted by Gasteiger charge is -2.35. The van der Waals surface area contributed by atoms with E-state index in [1.165, 1.54) is 0 Å². The number of ether oxygens (including phenoxy) is 1. The van der Waals surface area contributed by atoms with Crippen molar-refractivity contribution in [3.05, 3.63) is 65.3 Å². The number of carbonyl (C=O) groups is 1. The number of nitrogens with one attached hydrogen (secondary N) is 1. The Bertz CT molecular complexity index is 922. The zero-order valence-corrected chi connectivity index (χ0v) is 14.8. The highest BCUT2D eigenvalue weighted by molar-refractivity contribution is 6.30. The van der Waals surface area contributed by atoms with Crippen LogP contribution < -0.4 is 4.74 Å². The molecule has 5 nitrogen and oxygen atoms in total. The molecule has 0 radical (unpaired) electrons. The van der Waals surface area contributed by atoms with Crippen LogP contribution in [-0.2, 0) is 0 Å². The molecule has 0 aliphatic carbocycles.